The standard InChI is InChI=1S/C4H10N2.Y/c1-2-6-4-3-5-1;/h5-6H,1-4H2;. The molecular weight excluding hydrogens is 165 g/mol. The van der Waals surface area contributed by atoms with Gasteiger partial charge in [0.25, 0.3) is 0 Å². The van der Waals surface area contributed by atoms with Gasteiger partial charge in [-0.25, -0.2) is 0 Å². The molecule has 1 fully saturated rings. The maximum atomic E-state index is 3.22. The van der Waals surface area contributed by atoms with Crippen molar-refractivity contribution in [3.8, 4) is 0 Å². The van der Waals surface area contributed by atoms with Crippen molar-refractivity contribution in [3.63, 3.8) is 0 Å². The Morgan fingerprint density at radius 3 is 1.14 bits per heavy atom. The molecule has 1 saturated heterocycles. The van der Waals surface area contributed by atoms with E-state index in [9.17, 15) is 0 Å². The maximum Gasteiger partial charge on any atom is 0.00772 e. The molecule has 0 unspecified atom stereocenters. The number of rotatable bonds is 0. The predicted octanol–water partition coefficient (Wildman–Crippen LogP) is -0.823. The summed E-state index contributed by atoms with van der Waals surface area (Å²) in [5, 5.41) is 6.44. The molecule has 7 heavy (non-hydrogen) atoms. The topological polar surface area (TPSA) is 24.1 Å². The van der Waals surface area contributed by atoms with Crippen LogP contribution in [0.5, 0.6) is 0 Å². The van der Waals surface area contributed by atoms with Crippen LogP contribution in [0, 0.1) is 0 Å². The van der Waals surface area contributed by atoms with E-state index in [0.717, 1.165) is 26.2 Å². The third kappa shape index (κ3) is 3.59. The molecule has 2 nitrogen and oxygen atoms in total. The van der Waals surface area contributed by atoms with Crippen LogP contribution in [0.3, 0.4) is 0 Å². The minimum atomic E-state index is 0. The van der Waals surface area contributed by atoms with Crippen LogP contribution in [0.4, 0.5) is 0 Å². The Morgan fingerprint density at radius 1 is 0.714 bits per heavy atom. The van der Waals surface area contributed by atoms with Gasteiger partial charge >= 0.3 is 0 Å². The number of hydrogen-bond donors (Lipinski definition) is 2. The summed E-state index contributed by atoms with van der Waals surface area (Å²) in [4.78, 5) is 0. The van der Waals surface area contributed by atoms with E-state index >= 15 is 0 Å². The Bertz CT molecular complexity index is 25.2. The monoisotopic (exact) mass is 175 g/mol. The van der Waals surface area contributed by atoms with Gasteiger partial charge in [-0.05, 0) is 0 Å². The Morgan fingerprint density at radius 2 is 1.00 bits per heavy atom. The average Bonchev–Trinajstić information content (AvgIpc) is 1.72. The molecule has 3 heteroatoms. The molecule has 0 atom stereocenters. The van der Waals surface area contributed by atoms with Gasteiger partial charge in [-0.15, -0.1) is 0 Å². The summed E-state index contributed by atoms with van der Waals surface area (Å²) >= 11 is 0. The van der Waals surface area contributed by atoms with Gasteiger partial charge in [-0.1, -0.05) is 0 Å². The Kier molecular flexibility index (Phi) is 5.92. The molecular formula is C4H10N2Y. The zero-order valence-corrected chi connectivity index (χ0v) is 7.24. The summed E-state index contributed by atoms with van der Waals surface area (Å²) in [6.45, 7) is 4.56. The van der Waals surface area contributed by atoms with Crippen molar-refractivity contribution < 1.29 is 32.7 Å². The third-order valence-electron chi connectivity index (χ3n) is 0.957. The molecule has 0 aromatic rings. The van der Waals surface area contributed by atoms with Crippen LogP contribution in [-0.4, -0.2) is 26.2 Å². The molecule has 0 aromatic heterocycles. The first-order valence-electron chi connectivity index (χ1n) is 2.41. The molecule has 0 amide bonds. The molecule has 1 aliphatic rings. The second kappa shape index (κ2) is 5.17. The molecule has 1 aliphatic heterocycles. The van der Waals surface area contributed by atoms with Crippen LogP contribution in [0.1, 0.15) is 0 Å². The van der Waals surface area contributed by atoms with E-state index in [0.29, 0.717) is 0 Å². The van der Waals surface area contributed by atoms with E-state index in [1.807, 2.05) is 0 Å². The quantitative estimate of drug-likeness (QED) is 0.502. The molecule has 1 rings (SSSR count). The normalized spacial score (nSPS) is 20.6. The molecule has 0 aliphatic carbocycles. The van der Waals surface area contributed by atoms with E-state index in [2.05, 4.69) is 10.6 Å². The van der Waals surface area contributed by atoms with Gasteiger partial charge in [0, 0.05) is 58.9 Å². The smallest absolute Gasteiger partial charge is 0.00772 e. The number of piperazine rings is 1. The number of hydrogen-bond acceptors (Lipinski definition) is 2. The first kappa shape index (κ1) is 8.02. The minimum absolute atomic E-state index is 0. The zero-order chi connectivity index (χ0) is 4.24. The van der Waals surface area contributed by atoms with Gasteiger partial charge in [0.2, 0.25) is 0 Å². The summed E-state index contributed by atoms with van der Waals surface area (Å²) in [6, 6.07) is 0. The molecule has 0 aromatic carbocycles. The van der Waals surface area contributed by atoms with Crippen molar-refractivity contribution in [1.29, 1.82) is 0 Å². The van der Waals surface area contributed by atoms with Gasteiger partial charge in [0.1, 0.15) is 0 Å². The van der Waals surface area contributed by atoms with Crippen LogP contribution >= 0.6 is 0 Å². The summed E-state index contributed by atoms with van der Waals surface area (Å²) in [7, 11) is 0. The van der Waals surface area contributed by atoms with Crippen molar-refractivity contribution in [2.45, 2.75) is 0 Å². The van der Waals surface area contributed by atoms with Crippen LogP contribution in [0.2, 0.25) is 0 Å². The third-order valence-corrected chi connectivity index (χ3v) is 0.957. The van der Waals surface area contributed by atoms with E-state index in [1.54, 1.807) is 0 Å². The molecule has 2 N–H and O–H groups in total. The van der Waals surface area contributed by atoms with Crippen LogP contribution in [0.25, 0.3) is 0 Å². The van der Waals surface area contributed by atoms with E-state index in [-0.39, 0.29) is 32.7 Å². The maximum absolute atomic E-state index is 3.22. The molecule has 0 saturated carbocycles. The van der Waals surface area contributed by atoms with E-state index in [4.69, 9.17) is 0 Å². The first-order chi connectivity index (χ1) is 3.00. The summed E-state index contributed by atoms with van der Waals surface area (Å²) in [6.07, 6.45) is 0. The van der Waals surface area contributed by atoms with Crippen molar-refractivity contribution >= 4 is 0 Å². The molecule has 0 spiro atoms. The fraction of sp³-hybridized carbons (Fsp3) is 1.00. The Hall–Kier alpha value is 1.02. The minimum Gasteiger partial charge on any atom is -0.314 e. The zero-order valence-electron chi connectivity index (χ0n) is 4.41. The average molecular weight is 175 g/mol. The van der Waals surface area contributed by atoms with E-state index < -0.39 is 0 Å². The Balaban J connectivity index is 0.000000360. The second-order valence-electron chi connectivity index (χ2n) is 1.50. The van der Waals surface area contributed by atoms with Gasteiger partial charge in [-0.3, -0.25) is 0 Å². The largest absolute Gasteiger partial charge is 0.314 e. The fourth-order valence-corrected chi connectivity index (χ4v) is 0.604. The molecule has 39 valence electrons. The SMILES string of the molecule is C1CNCCN1.[Y]. The summed E-state index contributed by atoms with van der Waals surface area (Å²) in [5.74, 6) is 0. The summed E-state index contributed by atoms with van der Waals surface area (Å²) < 4.78 is 0. The van der Waals surface area contributed by atoms with Gasteiger partial charge < -0.3 is 10.6 Å². The number of nitrogens with one attached hydrogen (secondary N) is 2. The second-order valence-corrected chi connectivity index (χ2v) is 1.50. The van der Waals surface area contributed by atoms with Crippen LogP contribution in [-0.2, 0) is 32.7 Å². The predicted molar refractivity (Wildman–Crippen MR) is 25.7 cm³/mol. The van der Waals surface area contributed by atoms with Gasteiger partial charge in [0.05, 0.1) is 0 Å². The van der Waals surface area contributed by atoms with Crippen molar-refractivity contribution in [2.75, 3.05) is 26.2 Å². The Labute approximate surface area is 69.3 Å². The summed E-state index contributed by atoms with van der Waals surface area (Å²) in [5.41, 5.74) is 0. The van der Waals surface area contributed by atoms with E-state index in [1.165, 1.54) is 0 Å². The molecule has 1 heterocycles. The van der Waals surface area contributed by atoms with Gasteiger partial charge in [0.15, 0.2) is 0 Å². The van der Waals surface area contributed by atoms with Crippen LogP contribution < -0.4 is 10.6 Å². The molecule has 1 radical (unpaired) electrons. The molecule has 0 bridgehead atoms. The van der Waals surface area contributed by atoms with Crippen molar-refractivity contribution in [1.82, 2.24) is 10.6 Å². The van der Waals surface area contributed by atoms with Crippen molar-refractivity contribution in [2.24, 2.45) is 0 Å². The van der Waals surface area contributed by atoms with Crippen molar-refractivity contribution in [3.05, 3.63) is 0 Å². The fourth-order valence-electron chi connectivity index (χ4n) is 0.604. The first-order valence-corrected chi connectivity index (χ1v) is 2.41. The van der Waals surface area contributed by atoms with Crippen LogP contribution in [0.15, 0.2) is 0 Å². The van der Waals surface area contributed by atoms with Gasteiger partial charge in [-0.2, -0.15) is 0 Å².